The van der Waals surface area contributed by atoms with Crippen molar-refractivity contribution in [2.75, 3.05) is 80.5 Å². The van der Waals surface area contributed by atoms with E-state index in [2.05, 4.69) is 101 Å². The minimum absolute atomic E-state index is 0. The van der Waals surface area contributed by atoms with Gasteiger partial charge in [0.25, 0.3) is 0 Å². The zero-order valence-corrected chi connectivity index (χ0v) is 33.5. The Labute approximate surface area is 323 Å². The summed E-state index contributed by atoms with van der Waals surface area (Å²) in [6.07, 6.45) is 30.0. The zero-order valence-electron chi connectivity index (χ0n) is 32.5. The summed E-state index contributed by atoms with van der Waals surface area (Å²) in [5.41, 5.74) is 0. The molecule has 4 fully saturated rings. The van der Waals surface area contributed by atoms with Crippen LogP contribution in [0.5, 0.6) is 0 Å². The summed E-state index contributed by atoms with van der Waals surface area (Å²) in [7, 11) is 8.78. The number of aromatic nitrogens is 8. The molecule has 2 N–H and O–H groups in total. The molecule has 4 aromatic heterocycles. The van der Waals surface area contributed by atoms with Gasteiger partial charge in [-0.3, -0.25) is 0 Å². The Bertz CT molecular complexity index is 1120. The maximum absolute atomic E-state index is 4.03. The molecule has 8 rings (SSSR count). The summed E-state index contributed by atoms with van der Waals surface area (Å²) in [5.74, 6) is 3.65. The van der Waals surface area contributed by atoms with Crippen LogP contribution in [0.2, 0.25) is 0 Å². The van der Waals surface area contributed by atoms with E-state index in [1.165, 1.54) is 90.9 Å². The van der Waals surface area contributed by atoms with Crippen molar-refractivity contribution in [2.24, 2.45) is 23.7 Å². The van der Waals surface area contributed by atoms with Crippen molar-refractivity contribution < 1.29 is 0 Å². The van der Waals surface area contributed by atoms with Gasteiger partial charge in [-0.2, -0.15) is 13.5 Å². The van der Waals surface area contributed by atoms with Gasteiger partial charge in [0, 0.05) is 88.8 Å². The third kappa shape index (κ3) is 20.9. The van der Waals surface area contributed by atoms with Crippen molar-refractivity contribution in [1.82, 2.24) is 58.6 Å². The van der Waals surface area contributed by atoms with E-state index in [-0.39, 0.29) is 20.9 Å². The molecule has 0 bridgehead atoms. The SMILES string of the molecule is C.CC[C@@H]1CCN(C)C1.CC[C@H]1CCN(C)C1.CN1CC[C@@H](Cn2ccnc2)C1.CN1CC[C@H](Cn2ccnc2)C1.S.c1c[nH]cn1.c1c[nH]cn1. The van der Waals surface area contributed by atoms with Crippen molar-refractivity contribution >= 4 is 13.5 Å². The molecule has 0 spiro atoms. The second-order valence-electron chi connectivity index (χ2n) is 14.5. The number of imidazole rings is 4. The standard InChI is InChI=1S/2C9H15N3.2C7H15N.2C3H4N2.CH4.H2S/c2*1-11-4-2-9(6-11)7-12-5-3-10-8-12;2*1-3-7-4-5-8(2)6-7;2*1-2-5-3-4-1;;/h2*3,5,8-9H,2,4,6-7H2,1H3;2*7H,3-6H2,1-2H3;2*1-3H,(H,4,5);1H4;1H2/t2*9-;2*7-;;;;/m1010..../s1. The number of hydrogen-bond acceptors (Lipinski definition) is 8. The quantitative estimate of drug-likeness (QED) is 0.251. The molecule has 0 radical (unpaired) electrons. The van der Waals surface area contributed by atoms with Crippen LogP contribution in [-0.4, -0.2) is 139 Å². The van der Waals surface area contributed by atoms with Crippen LogP contribution < -0.4 is 0 Å². The molecule has 0 aromatic carbocycles. The fourth-order valence-corrected chi connectivity index (χ4v) is 6.89. The Morgan fingerprint density at radius 2 is 0.865 bits per heavy atom. The van der Waals surface area contributed by atoms with Gasteiger partial charge in [0.05, 0.1) is 25.3 Å². The highest BCUT2D eigenvalue weighted by Crippen LogP contribution is 2.18. The summed E-state index contributed by atoms with van der Waals surface area (Å²) in [6, 6.07) is 0. The summed E-state index contributed by atoms with van der Waals surface area (Å²) in [5, 5.41) is 0. The molecule has 52 heavy (non-hydrogen) atoms. The van der Waals surface area contributed by atoms with Crippen molar-refractivity contribution in [3.05, 3.63) is 74.9 Å². The highest BCUT2D eigenvalue weighted by molar-refractivity contribution is 7.59. The fraction of sp³-hybridized carbons (Fsp3) is 0.692. The predicted molar refractivity (Wildman–Crippen MR) is 222 cm³/mol. The van der Waals surface area contributed by atoms with Crippen molar-refractivity contribution in [1.29, 1.82) is 0 Å². The van der Waals surface area contributed by atoms with E-state index in [4.69, 9.17) is 0 Å². The number of nitrogens with one attached hydrogen (secondary N) is 2. The molecule has 13 heteroatoms. The molecule has 4 aliphatic heterocycles. The van der Waals surface area contributed by atoms with Crippen molar-refractivity contribution in [2.45, 2.75) is 72.9 Å². The van der Waals surface area contributed by atoms with Gasteiger partial charge in [0.2, 0.25) is 0 Å². The first-order valence-electron chi connectivity index (χ1n) is 18.9. The third-order valence-electron chi connectivity index (χ3n) is 9.98. The van der Waals surface area contributed by atoms with Gasteiger partial charge >= 0.3 is 0 Å². The van der Waals surface area contributed by atoms with Crippen LogP contribution in [0.15, 0.2) is 74.9 Å². The molecule has 296 valence electrons. The Morgan fingerprint density at radius 3 is 1.04 bits per heavy atom. The minimum atomic E-state index is 0. The van der Waals surface area contributed by atoms with Crippen molar-refractivity contribution in [3.63, 3.8) is 0 Å². The van der Waals surface area contributed by atoms with E-state index in [1.54, 1.807) is 37.4 Å². The predicted octanol–water partition coefficient (Wildman–Crippen LogP) is 5.93. The van der Waals surface area contributed by atoms with Gasteiger partial charge in [0.1, 0.15) is 0 Å². The average Bonchev–Trinajstić information content (AvgIpc) is 3.96. The second-order valence-corrected chi connectivity index (χ2v) is 14.5. The lowest BCUT2D eigenvalue weighted by molar-refractivity contribution is 0.378. The van der Waals surface area contributed by atoms with Gasteiger partial charge < -0.3 is 38.7 Å². The highest BCUT2D eigenvalue weighted by Gasteiger charge is 2.20. The minimum Gasteiger partial charge on any atom is -0.351 e. The van der Waals surface area contributed by atoms with Gasteiger partial charge in [-0.15, -0.1) is 0 Å². The van der Waals surface area contributed by atoms with E-state index in [0.717, 1.165) is 36.8 Å². The molecule has 0 unspecified atom stereocenters. The lowest BCUT2D eigenvalue weighted by atomic mass is 10.1. The number of nitrogens with zero attached hydrogens (tertiary/aromatic N) is 10. The normalized spacial score (nSPS) is 22.7. The van der Waals surface area contributed by atoms with E-state index >= 15 is 0 Å². The summed E-state index contributed by atoms with van der Waals surface area (Å²) >= 11 is 0. The Balaban J connectivity index is 0.000000319. The van der Waals surface area contributed by atoms with E-state index < -0.39 is 0 Å². The molecule has 4 aliphatic rings. The van der Waals surface area contributed by atoms with Gasteiger partial charge in [0.15, 0.2) is 0 Å². The molecule has 0 amide bonds. The highest BCUT2D eigenvalue weighted by atomic mass is 32.1. The molecular formula is C39H74N12S. The van der Waals surface area contributed by atoms with E-state index in [1.807, 2.05) is 37.4 Å². The monoisotopic (exact) mass is 743 g/mol. The van der Waals surface area contributed by atoms with Gasteiger partial charge in [-0.25, -0.2) is 19.9 Å². The molecule has 8 heterocycles. The molecule has 0 saturated carbocycles. The Kier molecular flexibility index (Phi) is 25.8. The first-order chi connectivity index (χ1) is 24.3. The molecule has 4 aromatic rings. The number of hydrogen-bond donors (Lipinski definition) is 2. The summed E-state index contributed by atoms with van der Waals surface area (Å²) < 4.78 is 4.34. The first kappa shape index (κ1) is 47.1. The molecule has 12 nitrogen and oxygen atoms in total. The van der Waals surface area contributed by atoms with Crippen LogP contribution in [0.25, 0.3) is 0 Å². The van der Waals surface area contributed by atoms with Crippen LogP contribution in [0.1, 0.15) is 59.8 Å². The number of H-pyrrole nitrogens is 2. The molecular weight excluding hydrogens is 669 g/mol. The average molecular weight is 743 g/mol. The topological polar surface area (TPSA) is 106 Å². The van der Waals surface area contributed by atoms with E-state index in [9.17, 15) is 0 Å². The van der Waals surface area contributed by atoms with Gasteiger partial charge in [-0.1, -0.05) is 34.1 Å². The Hall–Kier alpha value is -2.97. The summed E-state index contributed by atoms with van der Waals surface area (Å²) in [6.45, 7) is 17.1. The fourth-order valence-electron chi connectivity index (χ4n) is 6.89. The van der Waals surface area contributed by atoms with Crippen LogP contribution in [0, 0.1) is 23.7 Å². The maximum Gasteiger partial charge on any atom is 0.0946 e. The van der Waals surface area contributed by atoms with Crippen LogP contribution in [-0.2, 0) is 13.1 Å². The maximum atomic E-state index is 4.03. The third-order valence-corrected chi connectivity index (χ3v) is 9.98. The number of aromatic amines is 2. The smallest absolute Gasteiger partial charge is 0.0946 e. The van der Waals surface area contributed by atoms with Crippen LogP contribution in [0.4, 0.5) is 0 Å². The van der Waals surface area contributed by atoms with Crippen LogP contribution in [0.3, 0.4) is 0 Å². The molecule has 0 aliphatic carbocycles. The Morgan fingerprint density at radius 1 is 0.519 bits per heavy atom. The van der Waals surface area contributed by atoms with Crippen molar-refractivity contribution in [3.8, 4) is 0 Å². The number of likely N-dealkylation sites (tertiary alicyclic amines) is 4. The zero-order chi connectivity index (χ0) is 35.8. The first-order valence-corrected chi connectivity index (χ1v) is 18.9. The van der Waals surface area contributed by atoms with Gasteiger partial charge in [-0.05, 0) is 104 Å². The lowest BCUT2D eigenvalue weighted by Crippen LogP contribution is -2.16. The van der Waals surface area contributed by atoms with Crippen LogP contribution >= 0.6 is 13.5 Å². The van der Waals surface area contributed by atoms with E-state index in [0.29, 0.717) is 0 Å². The molecule has 4 saturated heterocycles. The molecule has 4 atom stereocenters. The second kappa shape index (κ2) is 28.5. The largest absolute Gasteiger partial charge is 0.351 e. The summed E-state index contributed by atoms with van der Waals surface area (Å²) in [4.78, 5) is 30.5. The lowest BCUT2D eigenvalue weighted by Gasteiger charge is -2.10. The number of rotatable bonds is 6.